The highest BCUT2D eigenvalue weighted by molar-refractivity contribution is 5.81. The van der Waals surface area contributed by atoms with Gasteiger partial charge in [0.15, 0.2) is 0 Å². The molecule has 2 atom stereocenters. The molecule has 1 saturated heterocycles. The van der Waals surface area contributed by atoms with E-state index in [1.54, 1.807) is 6.33 Å². The van der Waals surface area contributed by atoms with Gasteiger partial charge in [0.1, 0.15) is 18.0 Å². The molecular formula is C20H24FN5O. The molecule has 142 valence electrons. The molecule has 2 fully saturated rings. The van der Waals surface area contributed by atoms with Crippen molar-refractivity contribution in [2.45, 2.75) is 44.8 Å². The molecule has 0 radical (unpaired) electrons. The van der Waals surface area contributed by atoms with Gasteiger partial charge in [-0.2, -0.15) is 5.10 Å². The average Bonchev–Trinajstić information content (AvgIpc) is 3.28. The van der Waals surface area contributed by atoms with Crippen molar-refractivity contribution in [3.05, 3.63) is 47.8 Å². The topological polar surface area (TPSA) is 63.1 Å². The fourth-order valence-electron chi connectivity index (χ4n) is 4.65. The summed E-state index contributed by atoms with van der Waals surface area (Å²) in [6.45, 7) is 3.53. The highest BCUT2D eigenvalue weighted by atomic mass is 19.1. The molecule has 2 aliphatic heterocycles. The molecule has 2 aromatic rings. The smallest absolute Gasteiger partial charge is 0.223 e. The van der Waals surface area contributed by atoms with Gasteiger partial charge in [-0.1, -0.05) is 12.1 Å². The minimum atomic E-state index is -0.203. The number of aryl methyl sites for hydroxylation is 1. The Morgan fingerprint density at radius 3 is 2.78 bits per heavy atom. The Morgan fingerprint density at radius 2 is 2.00 bits per heavy atom. The van der Waals surface area contributed by atoms with E-state index in [1.807, 2.05) is 16.8 Å². The van der Waals surface area contributed by atoms with E-state index in [9.17, 15) is 9.18 Å². The summed E-state index contributed by atoms with van der Waals surface area (Å²) in [5.74, 6) is 1.02. The van der Waals surface area contributed by atoms with Gasteiger partial charge in [-0.05, 0) is 49.9 Å². The minimum Gasteiger partial charge on any atom is -0.345 e. The van der Waals surface area contributed by atoms with Gasteiger partial charge in [-0.15, -0.1) is 0 Å². The van der Waals surface area contributed by atoms with Gasteiger partial charge < -0.3 is 5.32 Å². The zero-order valence-electron chi connectivity index (χ0n) is 15.3. The van der Waals surface area contributed by atoms with Crippen LogP contribution in [-0.4, -0.2) is 38.7 Å². The van der Waals surface area contributed by atoms with E-state index >= 15 is 0 Å². The predicted molar refractivity (Wildman–Crippen MR) is 97.0 cm³/mol. The molecule has 1 saturated carbocycles. The van der Waals surface area contributed by atoms with Crippen LogP contribution in [0.5, 0.6) is 0 Å². The predicted octanol–water partition coefficient (Wildman–Crippen LogP) is 2.28. The fourth-order valence-corrected chi connectivity index (χ4v) is 4.65. The first-order chi connectivity index (χ1) is 13.1. The number of halogens is 1. The summed E-state index contributed by atoms with van der Waals surface area (Å²) in [4.78, 5) is 19.4. The van der Waals surface area contributed by atoms with Crippen LogP contribution in [0.1, 0.15) is 43.1 Å². The first-order valence-corrected chi connectivity index (χ1v) is 9.78. The molecule has 6 nitrogen and oxygen atoms in total. The number of likely N-dealkylation sites (tertiary alicyclic amines) is 1. The van der Waals surface area contributed by atoms with Crippen LogP contribution in [0, 0.1) is 17.2 Å². The van der Waals surface area contributed by atoms with Crippen molar-refractivity contribution < 1.29 is 9.18 Å². The van der Waals surface area contributed by atoms with Gasteiger partial charge in [0, 0.05) is 31.0 Å². The van der Waals surface area contributed by atoms with Crippen LogP contribution in [0.3, 0.4) is 0 Å². The Labute approximate surface area is 157 Å². The second kappa shape index (κ2) is 6.41. The van der Waals surface area contributed by atoms with E-state index in [0.717, 1.165) is 63.3 Å². The van der Waals surface area contributed by atoms with Crippen LogP contribution in [0.25, 0.3) is 0 Å². The summed E-state index contributed by atoms with van der Waals surface area (Å²) in [5, 5.41) is 7.64. The third kappa shape index (κ3) is 3.14. The van der Waals surface area contributed by atoms with Crippen LogP contribution in [0.2, 0.25) is 0 Å². The van der Waals surface area contributed by atoms with E-state index < -0.39 is 0 Å². The molecule has 1 N–H and O–H groups in total. The van der Waals surface area contributed by atoms with E-state index in [-0.39, 0.29) is 29.1 Å². The number of aromatic nitrogens is 3. The maximum absolute atomic E-state index is 13.2. The van der Waals surface area contributed by atoms with Crippen LogP contribution in [0.4, 0.5) is 4.39 Å². The maximum Gasteiger partial charge on any atom is 0.223 e. The first kappa shape index (κ1) is 16.9. The lowest BCUT2D eigenvalue weighted by molar-refractivity contribution is -0.124. The molecule has 1 spiro atoms. The van der Waals surface area contributed by atoms with Gasteiger partial charge in [0.25, 0.3) is 0 Å². The number of amides is 1. The van der Waals surface area contributed by atoms with Gasteiger partial charge in [-0.25, -0.2) is 14.1 Å². The number of carbonyl (C=O) groups is 1. The summed E-state index contributed by atoms with van der Waals surface area (Å²) in [6, 6.07) is 6.65. The summed E-state index contributed by atoms with van der Waals surface area (Å²) in [5.41, 5.74) is 1.11. The highest BCUT2D eigenvalue weighted by Crippen LogP contribution is 2.48. The van der Waals surface area contributed by atoms with Gasteiger partial charge in [0.05, 0.1) is 6.04 Å². The van der Waals surface area contributed by atoms with Crippen LogP contribution >= 0.6 is 0 Å². The Kier molecular flexibility index (Phi) is 4.00. The van der Waals surface area contributed by atoms with Crippen molar-refractivity contribution >= 4 is 5.91 Å². The van der Waals surface area contributed by atoms with E-state index in [2.05, 4.69) is 20.3 Å². The zero-order chi connectivity index (χ0) is 18.4. The molecule has 5 rings (SSSR count). The van der Waals surface area contributed by atoms with Crippen molar-refractivity contribution in [3.8, 4) is 0 Å². The van der Waals surface area contributed by atoms with Gasteiger partial charge >= 0.3 is 0 Å². The molecule has 3 heterocycles. The first-order valence-electron chi connectivity index (χ1n) is 9.78. The third-order valence-corrected chi connectivity index (χ3v) is 6.36. The molecule has 0 bridgehead atoms. The number of carbonyl (C=O) groups excluding carboxylic acids is 1. The van der Waals surface area contributed by atoms with Crippen molar-refractivity contribution in [1.82, 2.24) is 25.0 Å². The number of benzene rings is 1. The van der Waals surface area contributed by atoms with E-state index in [4.69, 9.17) is 0 Å². The number of nitrogens with zero attached hydrogens (tertiary/aromatic N) is 4. The van der Waals surface area contributed by atoms with Crippen LogP contribution in [0.15, 0.2) is 30.6 Å². The van der Waals surface area contributed by atoms with Crippen molar-refractivity contribution in [2.75, 3.05) is 13.1 Å². The van der Waals surface area contributed by atoms with Gasteiger partial charge in [0.2, 0.25) is 5.91 Å². The van der Waals surface area contributed by atoms with Crippen LogP contribution < -0.4 is 5.32 Å². The number of fused-ring (bicyclic) bond motifs is 1. The van der Waals surface area contributed by atoms with Crippen molar-refractivity contribution in [1.29, 1.82) is 0 Å². The zero-order valence-corrected chi connectivity index (χ0v) is 15.3. The lowest BCUT2D eigenvalue weighted by Crippen LogP contribution is -2.48. The third-order valence-electron chi connectivity index (χ3n) is 6.36. The normalized spacial score (nSPS) is 27.7. The van der Waals surface area contributed by atoms with Crippen LogP contribution in [-0.2, 0) is 17.9 Å². The van der Waals surface area contributed by atoms with Crippen molar-refractivity contribution in [2.24, 2.45) is 11.3 Å². The summed E-state index contributed by atoms with van der Waals surface area (Å²) < 4.78 is 15.1. The molecule has 0 unspecified atom stereocenters. The molecule has 1 aromatic carbocycles. The lowest BCUT2D eigenvalue weighted by Gasteiger charge is -2.41. The summed E-state index contributed by atoms with van der Waals surface area (Å²) in [7, 11) is 0. The highest BCUT2D eigenvalue weighted by Gasteiger charge is 2.50. The Bertz CT molecular complexity index is 846. The quantitative estimate of drug-likeness (QED) is 0.898. The molecule has 1 aliphatic carbocycles. The number of hydrogen-bond donors (Lipinski definition) is 1. The second-order valence-corrected chi connectivity index (χ2v) is 8.26. The Morgan fingerprint density at radius 1 is 1.22 bits per heavy atom. The SMILES string of the molecule is O=C(N[C@@H]1c2ncnn2CC[C@]12CCN(Cc1ccc(F)cc1)C2)C1CC1. The standard InChI is InChI=1S/C20H24FN5O/c21-16-5-1-14(2-6-16)11-25-9-7-20(12-25)8-10-26-18(22-13-23-26)17(20)24-19(27)15-3-4-15/h1-2,5-6,13,15,17H,3-4,7-12H2,(H,24,27)/t17-,20+/m1/s1. The molecule has 1 amide bonds. The molecule has 3 aliphatic rings. The Hall–Kier alpha value is -2.28. The minimum absolute atomic E-state index is 0.00634. The molecule has 7 heteroatoms. The van der Waals surface area contributed by atoms with Crippen molar-refractivity contribution in [3.63, 3.8) is 0 Å². The van der Waals surface area contributed by atoms with Gasteiger partial charge in [-0.3, -0.25) is 9.69 Å². The number of hydrogen-bond acceptors (Lipinski definition) is 4. The second-order valence-electron chi connectivity index (χ2n) is 8.26. The fraction of sp³-hybridized carbons (Fsp3) is 0.550. The maximum atomic E-state index is 13.2. The average molecular weight is 369 g/mol. The monoisotopic (exact) mass is 369 g/mol. The summed E-state index contributed by atoms with van der Waals surface area (Å²) in [6.07, 6.45) is 5.59. The number of nitrogens with one attached hydrogen (secondary N) is 1. The largest absolute Gasteiger partial charge is 0.345 e. The summed E-state index contributed by atoms with van der Waals surface area (Å²) >= 11 is 0. The molecule has 27 heavy (non-hydrogen) atoms. The lowest BCUT2D eigenvalue weighted by atomic mass is 9.74. The van der Waals surface area contributed by atoms with E-state index in [1.165, 1.54) is 12.1 Å². The molecular weight excluding hydrogens is 345 g/mol. The Balaban J connectivity index is 1.36. The molecule has 1 aromatic heterocycles. The van der Waals surface area contributed by atoms with E-state index in [0.29, 0.717) is 0 Å². The number of rotatable bonds is 4.